The van der Waals surface area contributed by atoms with Gasteiger partial charge in [0, 0.05) is 0 Å². The first-order chi connectivity index (χ1) is 20.8. The van der Waals surface area contributed by atoms with Crippen LogP contribution in [0.4, 0.5) is 0 Å². The zero-order valence-corrected chi connectivity index (χ0v) is 34.1. The van der Waals surface area contributed by atoms with Crippen molar-refractivity contribution in [2.45, 2.75) is 79.8 Å². The van der Waals surface area contributed by atoms with Gasteiger partial charge in [0.2, 0.25) is 0 Å². The molecule has 0 amide bonds. The zero-order valence-electron chi connectivity index (χ0n) is 29.1. The molecule has 6 aromatic rings. The number of benzene rings is 4. The SMILES string of the molecule is C[Si](C)=[Zr+2].Cc1cc2c(-c3ccc(C(C)(C)C)cc3)ccc(C)c2[cH-]1.Cc1ccccc1-c1cccc2[cH-]c(C(C)C)cc12.[Cl-].[Cl-]. The summed E-state index contributed by atoms with van der Waals surface area (Å²) in [5.74, 6) is 0.581. The number of halogens is 2. The molecule has 6 aromatic carbocycles. The predicted molar refractivity (Wildman–Crippen MR) is 194 cm³/mol. The molecule has 46 heavy (non-hydrogen) atoms. The van der Waals surface area contributed by atoms with Gasteiger partial charge in [-0.05, 0) is 40.5 Å². The van der Waals surface area contributed by atoms with Gasteiger partial charge < -0.3 is 24.8 Å². The second-order valence-electron chi connectivity index (χ2n) is 13.7. The molecular weight excluding hydrogens is 695 g/mol. The van der Waals surface area contributed by atoms with Crippen LogP contribution in [-0.4, -0.2) is 5.43 Å². The predicted octanol–water partition coefficient (Wildman–Crippen LogP) is 6.59. The Labute approximate surface area is 306 Å². The van der Waals surface area contributed by atoms with E-state index in [1.807, 2.05) is 0 Å². The molecule has 240 valence electrons. The van der Waals surface area contributed by atoms with E-state index in [-0.39, 0.29) is 35.7 Å². The number of fused-ring (bicyclic) bond motifs is 2. The molecule has 0 bridgehead atoms. The van der Waals surface area contributed by atoms with E-state index in [2.05, 4.69) is 172 Å². The molecule has 0 heterocycles. The Morgan fingerprint density at radius 1 is 0.652 bits per heavy atom. The third kappa shape index (κ3) is 9.90. The van der Waals surface area contributed by atoms with E-state index >= 15 is 0 Å². The number of rotatable bonds is 3. The van der Waals surface area contributed by atoms with Crippen molar-refractivity contribution in [1.29, 1.82) is 0 Å². The number of hydrogen-bond acceptors (Lipinski definition) is 0. The van der Waals surface area contributed by atoms with Crippen LogP contribution in [0.2, 0.25) is 13.1 Å². The van der Waals surface area contributed by atoms with Crippen molar-refractivity contribution in [3.8, 4) is 22.3 Å². The summed E-state index contributed by atoms with van der Waals surface area (Å²) in [5.41, 5.74) is 12.6. The van der Waals surface area contributed by atoms with Gasteiger partial charge in [-0.25, -0.2) is 0 Å². The maximum Gasteiger partial charge on any atom is -0.0132 e. The van der Waals surface area contributed by atoms with Crippen LogP contribution in [0.1, 0.15) is 68.4 Å². The third-order valence-electron chi connectivity index (χ3n) is 8.19. The standard InChI is InChI=1S/C21H23.C19H19.C2H6Si.2ClH.Zr/c1-14-12-19-15(2)6-11-18(20(19)13-14)16-7-9-17(10-8-16)21(3,4)5;1-13(2)16-11-15-8-6-10-18(19(15)12-16)17-9-5-4-7-14(17)3;1-3-2;;;/h6-13H,1-5H3;4-13H,1-3H3;1-2H3;2*1H;/q2*-1;;;;+2/p-2. The van der Waals surface area contributed by atoms with E-state index in [0.29, 0.717) is 5.92 Å². The molecule has 0 saturated carbocycles. The summed E-state index contributed by atoms with van der Waals surface area (Å²) in [4.78, 5) is 0. The molecule has 0 radical (unpaired) electrons. The Kier molecular flexibility index (Phi) is 15.0. The van der Waals surface area contributed by atoms with Crippen molar-refractivity contribution in [2.75, 3.05) is 0 Å². The summed E-state index contributed by atoms with van der Waals surface area (Å²) < 4.78 is 0. The molecule has 0 atom stereocenters. The molecule has 0 aliphatic carbocycles. The first-order valence-corrected chi connectivity index (χ1v) is 22.0. The minimum Gasteiger partial charge on any atom is -1.00 e. The minimum absolute atomic E-state index is 0. The first kappa shape index (κ1) is 40.0. The summed E-state index contributed by atoms with van der Waals surface area (Å²) in [6.07, 6.45) is 0. The van der Waals surface area contributed by atoms with Crippen molar-refractivity contribution in [3.63, 3.8) is 0 Å². The third-order valence-corrected chi connectivity index (χ3v) is 8.19. The van der Waals surface area contributed by atoms with Crippen molar-refractivity contribution in [3.05, 3.63) is 131 Å². The second-order valence-corrected chi connectivity index (χ2v) is 23.1. The molecule has 0 unspecified atom stereocenters. The molecule has 0 aliphatic rings. The van der Waals surface area contributed by atoms with Gasteiger partial charge in [0.1, 0.15) is 0 Å². The molecule has 0 nitrogen and oxygen atoms in total. The minimum atomic E-state index is 0. The van der Waals surface area contributed by atoms with Crippen LogP contribution in [0.5, 0.6) is 0 Å². The van der Waals surface area contributed by atoms with E-state index in [9.17, 15) is 0 Å². The first-order valence-electron chi connectivity index (χ1n) is 15.8. The molecular formula is C42H48Cl2SiZr-2. The normalized spacial score (nSPS) is 10.8. The fourth-order valence-corrected chi connectivity index (χ4v) is 5.69. The Balaban J connectivity index is 0.000000277. The van der Waals surface area contributed by atoms with Gasteiger partial charge in [0.15, 0.2) is 0 Å². The van der Waals surface area contributed by atoms with Crippen molar-refractivity contribution >= 4 is 27.0 Å². The molecule has 0 aromatic heterocycles. The molecule has 0 fully saturated rings. The smallest absolute Gasteiger partial charge is 0.0132 e. The van der Waals surface area contributed by atoms with Gasteiger partial charge in [-0.15, -0.1) is 68.6 Å². The average molecular weight is 743 g/mol. The Bertz CT molecular complexity index is 1880. The average Bonchev–Trinajstić information content (AvgIpc) is 3.58. The maximum absolute atomic E-state index is 2.35. The van der Waals surface area contributed by atoms with E-state index in [4.69, 9.17) is 0 Å². The van der Waals surface area contributed by atoms with Crippen LogP contribution >= 0.6 is 0 Å². The molecule has 4 heteroatoms. The van der Waals surface area contributed by atoms with Crippen LogP contribution in [0, 0.1) is 20.8 Å². The van der Waals surface area contributed by atoms with Crippen LogP contribution in [0.3, 0.4) is 0 Å². The summed E-state index contributed by atoms with van der Waals surface area (Å²) in [6.45, 7) is 22.4. The van der Waals surface area contributed by atoms with Crippen LogP contribution in [0.25, 0.3) is 43.8 Å². The molecule has 0 spiro atoms. The van der Waals surface area contributed by atoms with Crippen molar-refractivity contribution in [2.24, 2.45) is 0 Å². The number of hydrogen-bond donors (Lipinski definition) is 0. The Hall–Kier alpha value is -2.22. The fraction of sp³-hybridized carbons (Fsp3) is 0.286. The van der Waals surface area contributed by atoms with Crippen LogP contribution < -0.4 is 24.8 Å². The fourth-order valence-electron chi connectivity index (χ4n) is 5.69. The summed E-state index contributed by atoms with van der Waals surface area (Å²) >= 11 is 1.74. The molecule has 0 saturated heterocycles. The van der Waals surface area contributed by atoms with Crippen molar-refractivity contribution in [1.82, 2.24) is 0 Å². The summed E-state index contributed by atoms with van der Waals surface area (Å²) in [5, 5.41) is 5.48. The van der Waals surface area contributed by atoms with Gasteiger partial charge in [-0.1, -0.05) is 120 Å². The zero-order chi connectivity index (χ0) is 32.2. The van der Waals surface area contributed by atoms with Gasteiger partial charge >= 0.3 is 41.9 Å². The van der Waals surface area contributed by atoms with Crippen molar-refractivity contribution < 1.29 is 48.1 Å². The number of aryl methyl sites for hydroxylation is 3. The summed E-state index contributed by atoms with van der Waals surface area (Å²) in [6, 6.07) is 38.0. The second kappa shape index (κ2) is 17.3. The molecule has 6 rings (SSSR count). The topological polar surface area (TPSA) is 0 Å². The van der Waals surface area contributed by atoms with Crippen LogP contribution in [0.15, 0.2) is 103 Å². The molecule has 0 N–H and O–H groups in total. The van der Waals surface area contributed by atoms with E-state index in [1.165, 1.54) is 71.6 Å². The van der Waals surface area contributed by atoms with E-state index < -0.39 is 0 Å². The monoisotopic (exact) mass is 740 g/mol. The Morgan fingerprint density at radius 2 is 1.26 bits per heavy atom. The molecule has 0 aliphatic heterocycles. The van der Waals surface area contributed by atoms with Gasteiger partial charge in [-0.2, -0.15) is 12.1 Å². The summed E-state index contributed by atoms with van der Waals surface area (Å²) in [7, 11) is 0. The Morgan fingerprint density at radius 3 is 1.85 bits per heavy atom. The van der Waals surface area contributed by atoms with Gasteiger partial charge in [0.05, 0.1) is 0 Å². The van der Waals surface area contributed by atoms with Crippen LogP contribution in [-0.2, 0) is 28.8 Å². The quantitative estimate of drug-likeness (QED) is 0.142. The largest absolute Gasteiger partial charge is 1.00 e. The van der Waals surface area contributed by atoms with Gasteiger partial charge in [-0.3, -0.25) is 0 Å². The maximum atomic E-state index is 2.35. The van der Waals surface area contributed by atoms with E-state index in [0.717, 1.165) is 0 Å². The van der Waals surface area contributed by atoms with E-state index in [1.54, 1.807) is 23.3 Å². The van der Waals surface area contributed by atoms with Gasteiger partial charge in [0.25, 0.3) is 0 Å².